The van der Waals surface area contributed by atoms with Gasteiger partial charge in [0.1, 0.15) is 0 Å². The van der Waals surface area contributed by atoms with E-state index in [1.54, 1.807) is 11.1 Å². The Kier molecular flexibility index (Phi) is 4.71. The Labute approximate surface area is 168 Å². The van der Waals surface area contributed by atoms with Gasteiger partial charge in [0.25, 0.3) is 0 Å². The van der Waals surface area contributed by atoms with Crippen molar-refractivity contribution < 1.29 is 4.43 Å². The maximum absolute atomic E-state index is 7.04. The van der Waals surface area contributed by atoms with Crippen molar-refractivity contribution in [1.82, 2.24) is 0 Å². The van der Waals surface area contributed by atoms with E-state index in [9.17, 15) is 0 Å². The first-order chi connectivity index (χ1) is 12.5. The average Bonchev–Trinajstić information content (AvgIpc) is 2.89. The molecule has 0 radical (unpaired) electrons. The second-order valence-corrected chi connectivity index (χ2v) is 16.4. The maximum Gasteiger partial charge on any atom is 0.192 e. The van der Waals surface area contributed by atoms with Gasteiger partial charge in [-0.2, -0.15) is 0 Å². The molecule has 27 heavy (non-hydrogen) atoms. The van der Waals surface area contributed by atoms with Gasteiger partial charge >= 0.3 is 0 Å². The highest BCUT2D eigenvalue weighted by Crippen LogP contribution is 2.62. The number of hydrogen-bond donors (Lipinski definition) is 0. The van der Waals surface area contributed by atoms with Gasteiger partial charge in [0.2, 0.25) is 0 Å². The third kappa shape index (κ3) is 3.15. The molecule has 150 valence electrons. The van der Waals surface area contributed by atoms with E-state index in [0.717, 1.165) is 17.8 Å². The molecule has 2 fully saturated rings. The molecule has 4 rings (SSSR count). The number of fused-ring (bicyclic) bond motifs is 5. The van der Waals surface area contributed by atoms with Crippen LogP contribution in [0.15, 0.2) is 18.2 Å². The fourth-order valence-corrected chi connectivity index (χ4v) is 7.84. The summed E-state index contributed by atoms with van der Waals surface area (Å²) in [7, 11) is -1.70. The minimum atomic E-state index is -1.70. The molecule has 0 aliphatic heterocycles. The zero-order valence-corrected chi connectivity index (χ0v) is 19.7. The van der Waals surface area contributed by atoms with Crippen LogP contribution in [0.4, 0.5) is 0 Å². The summed E-state index contributed by atoms with van der Waals surface area (Å²) in [6.45, 7) is 16.8. The molecule has 5 atom stereocenters. The van der Waals surface area contributed by atoms with Crippen molar-refractivity contribution in [2.24, 2.45) is 17.3 Å². The number of benzene rings is 1. The fourth-order valence-electron chi connectivity index (χ4n) is 6.39. The largest absolute Gasteiger partial charge is 0.413 e. The minimum Gasteiger partial charge on any atom is -0.413 e. The highest BCUT2D eigenvalue weighted by Gasteiger charge is 2.56. The van der Waals surface area contributed by atoms with Crippen LogP contribution in [0.3, 0.4) is 0 Å². The Balaban J connectivity index is 1.58. The summed E-state index contributed by atoms with van der Waals surface area (Å²) in [5.74, 6) is 2.55. The molecule has 1 aromatic rings. The van der Waals surface area contributed by atoms with Crippen molar-refractivity contribution in [3.05, 3.63) is 34.9 Å². The van der Waals surface area contributed by atoms with Gasteiger partial charge in [-0.3, -0.25) is 0 Å². The monoisotopic (exact) mass is 384 g/mol. The van der Waals surface area contributed by atoms with Crippen LogP contribution < -0.4 is 0 Å². The average molecular weight is 385 g/mol. The normalized spacial score (nSPS) is 36.1. The highest BCUT2D eigenvalue weighted by molar-refractivity contribution is 6.74. The molecule has 1 nitrogen and oxygen atoms in total. The van der Waals surface area contributed by atoms with Crippen LogP contribution in [-0.4, -0.2) is 14.4 Å². The molecule has 3 aliphatic carbocycles. The maximum atomic E-state index is 7.04. The Morgan fingerprint density at radius 2 is 1.81 bits per heavy atom. The van der Waals surface area contributed by atoms with E-state index in [4.69, 9.17) is 4.43 Å². The molecule has 0 saturated heterocycles. The first-order valence-electron chi connectivity index (χ1n) is 11.3. The Hall–Kier alpha value is -0.603. The summed E-state index contributed by atoms with van der Waals surface area (Å²) in [4.78, 5) is 0. The third-order valence-electron chi connectivity index (χ3n) is 9.04. The lowest BCUT2D eigenvalue weighted by atomic mass is 9.55. The van der Waals surface area contributed by atoms with Crippen LogP contribution in [0.1, 0.15) is 82.4 Å². The molecule has 0 N–H and O–H groups in total. The van der Waals surface area contributed by atoms with E-state index >= 15 is 0 Å². The van der Waals surface area contributed by atoms with Gasteiger partial charge in [0, 0.05) is 0 Å². The molecular weight excluding hydrogens is 344 g/mol. The predicted molar refractivity (Wildman–Crippen MR) is 118 cm³/mol. The summed E-state index contributed by atoms with van der Waals surface area (Å²) in [6, 6.07) is 7.26. The van der Waals surface area contributed by atoms with Gasteiger partial charge < -0.3 is 4.43 Å². The van der Waals surface area contributed by atoms with Gasteiger partial charge in [0.05, 0.1) is 6.10 Å². The van der Waals surface area contributed by atoms with Gasteiger partial charge in [-0.25, -0.2) is 0 Å². The SMILES string of the molecule is Cc1ccc2c(c1)CC[C@@H]1[C@@H]2CC[C@]2(C)[C@@H](O[Si](C)(C)C(C)(C)C)CC[C@@H]12. The molecule has 0 aromatic heterocycles. The number of aryl methyl sites for hydroxylation is 2. The lowest BCUT2D eigenvalue weighted by Gasteiger charge is -2.52. The van der Waals surface area contributed by atoms with Crippen molar-refractivity contribution in [3.63, 3.8) is 0 Å². The summed E-state index contributed by atoms with van der Waals surface area (Å²) in [5.41, 5.74) is 5.16. The van der Waals surface area contributed by atoms with Crippen LogP contribution in [-0.2, 0) is 10.8 Å². The van der Waals surface area contributed by atoms with Gasteiger partial charge in [0.15, 0.2) is 8.32 Å². The predicted octanol–water partition coefficient (Wildman–Crippen LogP) is 7.24. The lowest BCUT2D eigenvalue weighted by molar-refractivity contribution is -0.0164. The highest BCUT2D eigenvalue weighted by atomic mass is 28.4. The van der Waals surface area contributed by atoms with Crippen molar-refractivity contribution >= 4 is 8.32 Å². The molecule has 2 saturated carbocycles. The smallest absolute Gasteiger partial charge is 0.192 e. The zero-order valence-electron chi connectivity index (χ0n) is 18.7. The summed E-state index contributed by atoms with van der Waals surface area (Å²) < 4.78 is 7.04. The molecular formula is C25H40OSi. The second kappa shape index (κ2) is 6.45. The van der Waals surface area contributed by atoms with Crippen LogP contribution in [0.5, 0.6) is 0 Å². The standard InChI is InChI=1S/C25H40OSi/c1-17-8-10-19-18(16-17)9-11-21-20(19)14-15-25(5)22(21)12-13-23(25)26-27(6,7)24(2,3)4/h8,10,16,20-23H,9,11-15H2,1-7H3/t20-,21-,22+,23+,25+/m1/s1. The summed E-state index contributed by atoms with van der Waals surface area (Å²) in [5, 5.41) is 0.306. The third-order valence-corrected chi connectivity index (χ3v) is 13.5. The topological polar surface area (TPSA) is 9.23 Å². The molecule has 0 bridgehead atoms. The summed E-state index contributed by atoms with van der Waals surface area (Å²) in [6.07, 6.45) is 8.57. The molecule has 3 aliphatic rings. The van der Waals surface area contributed by atoms with Crippen LogP contribution in [0.2, 0.25) is 18.1 Å². The van der Waals surface area contributed by atoms with E-state index in [0.29, 0.717) is 16.6 Å². The van der Waals surface area contributed by atoms with Crippen LogP contribution >= 0.6 is 0 Å². The minimum absolute atomic E-state index is 0.306. The van der Waals surface area contributed by atoms with Crippen molar-refractivity contribution in [2.45, 2.75) is 103 Å². The van der Waals surface area contributed by atoms with Crippen molar-refractivity contribution in [1.29, 1.82) is 0 Å². The molecule has 0 heterocycles. The van der Waals surface area contributed by atoms with Crippen molar-refractivity contribution in [3.8, 4) is 0 Å². The lowest BCUT2D eigenvalue weighted by Crippen LogP contribution is -2.50. The van der Waals surface area contributed by atoms with Gasteiger partial charge in [-0.1, -0.05) is 51.5 Å². The Morgan fingerprint density at radius 3 is 2.52 bits per heavy atom. The first-order valence-corrected chi connectivity index (χ1v) is 14.2. The fraction of sp³-hybridized carbons (Fsp3) is 0.760. The van der Waals surface area contributed by atoms with E-state index < -0.39 is 8.32 Å². The van der Waals surface area contributed by atoms with Gasteiger partial charge in [-0.15, -0.1) is 0 Å². The number of rotatable bonds is 2. The number of hydrogen-bond acceptors (Lipinski definition) is 1. The Morgan fingerprint density at radius 1 is 1.07 bits per heavy atom. The summed E-state index contributed by atoms with van der Waals surface area (Å²) >= 11 is 0. The van der Waals surface area contributed by atoms with Crippen LogP contribution in [0.25, 0.3) is 0 Å². The zero-order chi connectivity index (χ0) is 19.6. The second-order valence-electron chi connectivity index (χ2n) is 11.6. The molecule has 0 spiro atoms. The molecule has 0 amide bonds. The molecule has 0 unspecified atom stereocenters. The van der Waals surface area contributed by atoms with Gasteiger partial charge in [-0.05, 0) is 97.9 Å². The quantitative estimate of drug-likeness (QED) is 0.488. The van der Waals surface area contributed by atoms with E-state index in [1.807, 2.05) is 0 Å². The van der Waals surface area contributed by atoms with E-state index in [-0.39, 0.29) is 0 Å². The van der Waals surface area contributed by atoms with E-state index in [2.05, 4.69) is 65.9 Å². The first kappa shape index (κ1) is 19.7. The van der Waals surface area contributed by atoms with Crippen molar-refractivity contribution in [2.75, 3.05) is 0 Å². The molecule has 1 aromatic carbocycles. The molecule has 2 heteroatoms. The van der Waals surface area contributed by atoms with E-state index in [1.165, 1.54) is 44.1 Å². The van der Waals surface area contributed by atoms with Crippen LogP contribution in [0, 0.1) is 24.2 Å². The Bertz CT molecular complexity index is 716.